The van der Waals surface area contributed by atoms with Crippen molar-refractivity contribution in [2.24, 2.45) is 0 Å². The summed E-state index contributed by atoms with van der Waals surface area (Å²) in [5.74, 6) is 0.690. The number of rotatable bonds is 8. The van der Waals surface area contributed by atoms with Crippen LogP contribution in [0.15, 0.2) is 48.5 Å². The van der Waals surface area contributed by atoms with Gasteiger partial charge in [0, 0.05) is 18.2 Å². The minimum atomic E-state index is -0.490. The summed E-state index contributed by atoms with van der Waals surface area (Å²) in [6.07, 6.45) is 2.64. The highest BCUT2D eigenvalue weighted by Crippen LogP contribution is 2.29. The van der Waals surface area contributed by atoms with Crippen LogP contribution in [0.2, 0.25) is 0 Å². The largest absolute Gasteiger partial charge is 0.494 e. The number of carbonyl (C=O) groups is 1. The maximum atomic E-state index is 12.2. The van der Waals surface area contributed by atoms with Crippen molar-refractivity contribution in [2.45, 2.75) is 13.8 Å². The van der Waals surface area contributed by atoms with Crippen LogP contribution in [0, 0.1) is 10.1 Å². The summed E-state index contributed by atoms with van der Waals surface area (Å²) in [4.78, 5) is 22.8. The molecule has 2 aromatic carbocycles. The van der Waals surface area contributed by atoms with Crippen LogP contribution in [-0.4, -0.2) is 24.0 Å². The molecule has 0 aliphatic heterocycles. The smallest absolute Gasteiger partial charge is 0.276 e. The molecule has 0 heterocycles. The third-order valence-electron chi connectivity index (χ3n) is 3.37. The summed E-state index contributed by atoms with van der Waals surface area (Å²) in [6, 6.07) is 11.3. The van der Waals surface area contributed by atoms with Crippen LogP contribution in [0.1, 0.15) is 19.4 Å². The Bertz CT molecular complexity index is 817. The van der Waals surface area contributed by atoms with Gasteiger partial charge in [-0.1, -0.05) is 12.1 Å². The van der Waals surface area contributed by atoms with E-state index in [9.17, 15) is 14.9 Å². The number of hydrogen-bond acceptors (Lipinski definition) is 5. The van der Waals surface area contributed by atoms with Crippen molar-refractivity contribution in [2.75, 3.05) is 18.5 Å². The minimum absolute atomic E-state index is 0.0649. The zero-order valence-electron chi connectivity index (χ0n) is 14.6. The monoisotopic (exact) mass is 356 g/mol. The number of para-hydroxylation sites is 1. The molecule has 26 heavy (non-hydrogen) atoms. The molecule has 0 bridgehead atoms. The Morgan fingerprint density at radius 1 is 1.15 bits per heavy atom. The first-order valence-corrected chi connectivity index (χ1v) is 8.17. The number of benzene rings is 2. The molecule has 2 rings (SSSR count). The second kappa shape index (κ2) is 9.22. The SMILES string of the molecule is CCOc1ccc(OCC)c(NC(=O)/C=C/c2ccccc2[N+](=O)[O-])c1. The molecule has 7 heteroatoms. The number of nitrogens with zero attached hydrogens (tertiary/aromatic N) is 1. The number of carbonyl (C=O) groups excluding carboxylic acids is 1. The Labute approximate surface area is 151 Å². The Balaban J connectivity index is 2.19. The number of nitro benzene ring substituents is 1. The predicted molar refractivity (Wildman–Crippen MR) is 99.5 cm³/mol. The Morgan fingerprint density at radius 3 is 2.58 bits per heavy atom. The van der Waals surface area contributed by atoms with Crippen LogP contribution < -0.4 is 14.8 Å². The summed E-state index contributed by atoms with van der Waals surface area (Å²) < 4.78 is 10.9. The van der Waals surface area contributed by atoms with Crippen molar-refractivity contribution in [3.63, 3.8) is 0 Å². The molecule has 7 nitrogen and oxygen atoms in total. The molecule has 1 amide bonds. The highest BCUT2D eigenvalue weighted by atomic mass is 16.6. The van der Waals surface area contributed by atoms with Crippen LogP contribution in [-0.2, 0) is 4.79 Å². The lowest BCUT2D eigenvalue weighted by Gasteiger charge is -2.12. The number of nitro groups is 1. The van der Waals surface area contributed by atoms with E-state index in [2.05, 4.69) is 5.32 Å². The normalized spacial score (nSPS) is 10.5. The summed E-state index contributed by atoms with van der Waals surface area (Å²) in [6.45, 7) is 4.66. The molecule has 0 saturated heterocycles. The molecule has 136 valence electrons. The Hall–Kier alpha value is -3.35. The van der Waals surface area contributed by atoms with E-state index in [1.165, 1.54) is 18.2 Å². The van der Waals surface area contributed by atoms with E-state index in [-0.39, 0.29) is 5.69 Å². The number of hydrogen-bond donors (Lipinski definition) is 1. The Morgan fingerprint density at radius 2 is 1.88 bits per heavy atom. The average molecular weight is 356 g/mol. The second-order valence-corrected chi connectivity index (χ2v) is 5.16. The molecule has 0 spiro atoms. The molecule has 2 aromatic rings. The predicted octanol–water partition coefficient (Wildman–Crippen LogP) is 4.04. The topological polar surface area (TPSA) is 90.7 Å². The molecular weight excluding hydrogens is 336 g/mol. The van der Waals surface area contributed by atoms with Gasteiger partial charge in [0.15, 0.2) is 0 Å². The second-order valence-electron chi connectivity index (χ2n) is 5.16. The van der Waals surface area contributed by atoms with Gasteiger partial charge < -0.3 is 14.8 Å². The van der Waals surface area contributed by atoms with Crippen molar-refractivity contribution in [1.82, 2.24) is 0 Å². The first-order valence-electron chi connectivity index (χ1n) is 8.17. The lowest BCUT2D eigenvalue weighted by molar-refractivity contribution is -0.385. The first kappa shape index (κ1) is 19.0. The molecule has 0 unspecified atom stereocenters. The molecular formula is C19H20N2O5. The van der Waals surface area contributed by atoms with Crippen LogP contribution in [0.5, 0.6) is 11.5 Å². The number of nitrogens with one attached hydrogen (secondary N) is 1. The van der Waals surface area contributed by atoms with Gasteiger partial charge >= 0.3 is 0 Å². The van der Waals surface area contributed by atoms with Crippen molar-refractivity contribution in [1.29, 1.82) is 0 Å². The van der Waals surface area contributed by atoms with Crippen molar-refractivity contribution in [3.05, 3.63) is 64.2 Å². The van der Waals surface area contributed by atoms with Gasteiger partial charge in [0.25, 0.3) is 5.69 Å². The summed E-state index contributed by atoms with van der Waals surface area (Å²) in [7, 11) is 0. The molecule has 0 aliphatic rings. The van der Waals surface area contributed by atoms with Gasteiger partial charge in [-0.15, -0.1) is 0 Å². The fourth-order valence-corrected chi connectivity index (χ4v) is 2.28. The van der Waals surface area contributed by atoms with Gasteiger partial charge in [-0.3, -0.25) is 14.9 Å². The van der Waals surface area contributed by atoms with Crippen LogP contribution in [0.4, 0.5) is 11.4 Å². The highest BCUT2D eigenvalue weighted by molar-refractivity contribution is 6.03. The van der Waals surface area contributed by atoms with Crippen LogP contribution >= 0.6 is 0 Å². The van der Waals surface area contributed by atoms with Gasteiger partial charge in [0.05, 0.1) is 29.4 Å². The molecule has 0 fully saturated rings. The quantitative estimate of drug-likeness (QED) is 0.438. The van der Waals surface area contributed by atoms with E-state index in [0.29, 0.717) is 36.0 Å². The van der Waals surface area contributed by atoms with E-state index in [0.717, 1.165) is 0 Å². The summed E-state index contributed by atoms with van der Waals surface area (Å²) in [5, 5.41) is 13.7. The van der Waals surface area contributed by atoms with Gasteiger partial charge in [0.2, 0.25) is 5.91 Å². The van der Waals surface area contributed by atoms with Gasteiger partial charge in [0.1, 0.15) is 11.5 Å². The lowest BCUT2D eigenvalue weighted by atomic mass is 10.1. The highest BCUT2D eigenvalue weighted by Gasteiger charge is 2.11. The molecule has 0 atom stereocenters. The lowest BCUT2D eigenvalue weighted by Crippen LogP contribution is -2.10. The van der Waals surface area contributed by atoms with E-state index in [4.69, 9.17) is 9.47 Å². The number of anilines is 1. The van der Waals surface area contributed by atoms with Crippen LogP contribution in [0.3, 0.4) is 0 Å². The van der Waals surface area contributed by atoms with Gasteiger partial charge in [-0.05, 0) is 38.1 Å². The third kappa shape index (κ3) is 5.07. The number of ether oxygens (including phenoxy) is 2. The van der Waals surface area contributed by atoms with E-state index in [1.54, 1.807) is 36.4 Å². The maximum Gasteiger partial charge on any atom is 0.276 e. The van der Waals surface area contributed by atoms with Crippen molar-refractivity contribution < 1.29 is 19.2 Å². The first-order chi connectivity index (χ1) is 12.5. The van der Waals surface area contributed by atoms with Crippen LogP contribution in [0.25, 0.3) is 6.08 Å². The molecule has 0 aliphatic carbocycles. The van der Waals surface area contributed by atoms with E-state index < -0.39 is 10.8 Å². The molecule has 1 N–H and O–H groups in total. The zero-order valence-corrected chi connectivity index (χ0v) is 14.6. The summed E-state index contributed by atoms with van der Waals surface area (Å²) >= 11 is 0. The van der Waals surface area contributed by atoms with E-state index >= 15 is 0 Å². The zero-order chi connectivity index (χ0) is 18.9. The van der Waals surface area contributed by atoms with Gasteiger partial charge in [-0.25, -0.2) is 0 Å². The fraction of sp³-hybridized carbons (Fsp3) is 0.211. The summed E-state index contributed by atoms with van der Waals surface area (Å²) in [5.41, 5.74) is 0.751. The minimum Gasteiger partial charge on any atom is -0.494 e. The standard InChI is InChI=1S/C19H20N2O5/c1-3-25-15-10-11-18(26-4-2)16(13-15)20-19(22)12-9-14-7-5-6-8-17(14)21(23)24/h5-13H,3-4H2,1-2H3,(H,20,22)/b12-9+. The van der Waals surface area contributed by atoms with Crippen molar-refractivity contribution >= 4 is 23.4 Å². The molecule has 0 saturated carbocycles. The molecule has 0 aromatic heterocycles. The third-order valence-corrected chi connectivity index (χ3v) is 3.37. The maximum absolute atomic E-state index is 12.2. The Kier molecular flexibility index (Phi) is 6.73. The van der Waals surface area contributed by atoms with E-state index in [1.807, 2.05) is 13.8 Å². The van der Waals surface area contributed by atoms with Gasteiger partial charge in [-0.2, -0.15) is 0 Å². The average Bonchev–Trinajstić information content (AvgIpc) is 2.62. The fourth-order valence-electron chi connectivity index (χ4n) is 2.28. The molecule has 0 radical (unpaired) electrons. The number of amides is 1. The van der Waals surface area contributed by atoms with Crippen molar-refractivity contribution in [3.8, 4) is 11.5 Å².